The molecular formula is C24H28O3. The normalized spacial score (nSPS) is 27.9. The molecule has 0 amide bonds. The van der Waals surface area contributed by atoms with Crippen molar-refractivity contribution in [2.75, 3.05) is 0 Å². The molecular weight excluding hydrogens is 336 g/mol. The van der Waals surface area contributed by atoms with Crippen molar-refractivity contribution in [2.24, 2.45) is 11.3 Å². The second-order valence-electron chi connectivity index (χ2n) is 8.88. The van der Waals surface area contributed by atoms with Crippen molar-refractivity contribution >= 4 is 5.97 Å². The minimum Gasteiger partial charge on any atom is -0.420 e. The lowest BCUT2D eigenvalue weighted by atomic mass is 9.72. The van der Waals surface area contributed by atoms with Crippen LogP contribution in [0.1, 0.15) is 67.9 Å². The molecule has 1 fully saturated rings. The maximum Gasteiger partial charge on any atom is 0.341 e. The van der Waals surface area contributed by atoms with Gasteiger partial charge in [-0.05, 0) is 43.1 Å². The fraction of sp³-hybridized carbons (Fsp3) is 0.458. The second-order valence-corrected chi connectivity index (χ2v) is 8.88. The Bertz CT molecular complexity index is 813. The Labute approximate surface area is 161 Å². The highest BCUT2D eigenvalue weighted by molar-refractivity contribution is 5.95. The van der Waals surface area contributed by atoms with Crippen molar-refractivity contribution in [2.45, 2.75) is 58.3 Å². The van der Waals surface area contributed by atoms with Crippen LogP contribution in [-0.2, 0) is 15.3 Å². The predicted molar refractivity (Wildman–Crippen MR) is 105 cm³/mol. The van der Waals surface area contributed by atoms with Gasteiger partial charge >= 0.3 is 5.97 Å². The number of carbonyl (C=O) groups excluding carboxylic acids is 1. The van der Waals surface area contributed by atoms with Crippen LogP contribution in [0, 0.1) is 11.3 Å². The van der Waals surface area contributed by atoms with Gasteiger partial charge in [0.05, 0.1) is 11.7 Å². The summed E-state index contributed by atoms with van der Waals surface area (Å²) in [5, 5.41) is 0. The highest BCUT2D eigenvalue weighted by Crippen LogP contribution is 2.46. The van der Waals surface area contributed by atoms with Crippen molar-refractivity contribution in [3.63, 3.8) is 0 Å². The summed E-state index contributed by atoms with van der Waals surface area (Å²) in [6.07, 6.45) is 4.37. The van der Waals surface area contributed by atoms with E-state index in [0.717, 1.165) is 36.8 Å². The topological polar surface area (TPSA) is 35.5 Å². The fourth-order valence-corrected chi connectivity index (χ4v) is 4.50. The van der Waals surface area contributed by atoms with Gasteiger partial charge in [0, 0.05) is 11.1 Å². The molecule has 3 nitrogen and oxygen atoms in total. The van der Waals surface area contributed by atoms with E-state index in [4.69, 9.17) is 9.47 Å². The summed E-state index contributed by atoms with van der Waals surface area (Å²) >= 11 is 0. The monoisotopic (exact) mass is 364 g/mol. The molecule has 0 N–H and O–H groups in total. The van der Waals surface area contributed by atoms with Gasteiger partial charge in [0.25, 0.3) is 5.79 Å². The third-order valence-corrected chi connectivity index (χ3v) is 6.12. The SMILES string of the molecule is CC(C)(C)C1CCC(OC2(c3ccccc3)OC(=O)c3ccccc32)CC1. The van der Waals surface area contributed by atoms with Crippen molar-refractivity contribution in [3.05, 3.63) is 71.3 Å². The summed E-state index contributed by atoms with van der Waals surface area (Å²) in [5.41, 5.74) is 2.62. The molecule has 0 saturated heterocycles. The summed E-state index contributed by atoms with van der Waals surface area (Å²) in [5.74, 6) is -0.727. The zero-order chi connectivity index (χ0) is 19.1. The van der Waals surface area contributed by atoms with Gasteiger partial charge in [-0.15, -0.1) is 0 Å². The smallest absolute Gasteiger partial charge is 0.341 e. The lowest BCUT2D eigenvalue weighted by molar-refractivity contribution is -0.211. The summed E-state index contributed by atoms with van der Waals surface area (Å²) < 4.78 is 12.6. The van der Waals surface area contributed by atoms with Gasteiger partial charge in [-0.25, -0.2) is 4.79 Å². The number of cyclic esters (lactones) is 1. The van der Waals surface area contributed by atoms with Gasteiger partial charge in [-0.3, -0.25) is 0 Å². The fourth-order valence-electron chi connectivity index (χ4n) is 4.50. The van der Waals surface area contributed by atoms with Gasteiger partial charge in [0.2, 0.25) is 0 Å². The Kier molecular flexibility index (Phi) is 4.59. The first-order valence-corrected chi connectivity index (χ1v) is 9.96. The van der Waals surface area contributed by atoms with E-state index in [2.05, 4.69) is 20.8 Å². The zero-order valence-electron chi connectivity index (χ0n) is 16.4. The molecule has 1 aliphatic carbocycles. The van der Waals surface area contributed by atoms with Gasteiger partial charge in [0.15, 0.2) is 0 Å². The number of rotatable bonds is 3. The largest absolute Gasteiger partial charge is 0.420 e. The molecule has 142 valence electrons. The first-order valence-electron chi connectivity index (χ1n) is 9.96. The van der Waals surface area contributed by atoms with Crippen LogP contribution < -0.4 is 0 Å². The molecule has 0 bridgehead atoms. The molecule has 2 aliphatic rings. The van der Waals surface area contributed by atoms with Crippen LogP contribution in [0.4, 0.5) is 0 Å². The summed E-state index contributed by atoms with van der Waals surface area (Å²) in [6.45, 7) is 6.96. The number of esters is 1. The maximum atomic E-state index is 12.6. The van der Waals surface area contributed by atoms with E-state index < -0.39 is 5.79 Å². The van der Waals surface area contributed by atoms with Gasteiger partial charge < -0.3 is 9.47 Å². The Morgan fingerprint density at radius 3 is 2.22 bits per heavy atom. The lowest BCUT2D eigenvalue weighted by Gasteiger charge is -2.40. The quantitative estimate of drug-likeness (QED) is 0.657. The van der Waals surface area contributed by atoms with Crippen LogP contribution in [0.3, 0.4) is 0 Å². The van der Waals surface area contributed by atoms with Crippen LogP contribution in [0.5, 0.6) is 0 Å². The summed E-state index contributed by atoms with van der Waals surface area (Å²) in [7, 11) is 0. The Hall–Kier alpha value is -2.13. The minimum atomic E-state index is -1.13. The van der Waals surface area contributed by atoms with Crippen LogP contribution in [0.15, 0.2) is 54.6 Å². The van der Waals surface area contributed by atoms with Gasteiger partial charge in [-0.2, -0.15) is 0 Å². The van der Waals surface area contributed by atoms with Gasteiger partial charge in [0.1, 0.15) is 0 Å². The minimum absolute atomic E-state index is 0.0859. The Balaban J connectivity index is 1.65. The summed E-state index contributed by atoms with van der Waals surface area (Å²) in [6, 6.07) is 17.4. The van der Waals surface area contributed by atoms with Gasteiger partial charge in [-0.1, -0.05) is 69.3 Å². The number of fused-ring (bicyclic) bond motifs is 1. The molecule has 2 aromatic rings. The second kappa shape index (κ2) is 6.79. The molecule has 1 heterocycles. The van der Waals surface area contributed by atoms with Crippen molar-refractivity contribution < 1.29 is 14.3 Å². The van der Waals surface area contributed by atoms with Crippen molar-refractivity contribution in [1.82, 2.24) is 0 Å². The van der Waals surface area contributed by atoms with Crippen LogP contribution >= 0.6 is 0 Å². The van der Waals surface area contributed by atoms with E-state index >= 15 is 0 Å². The molecule has 1 atom stereocenters. The molecule has 1 unspecified atom stereocenters. The van der Waals surface area contributed by atoms with E-state index in [1.54, 1.807) is 0 Å². The molecule has 0 radical (unpaired) electrons. The van der Waals surface area contributed by atoms with E-state index in [9.17, 15) is 4.79 Å². The standard InChI is InChI=1S/C24H28O3/c1-23(2,3)17-13-15-19(16-14-17)26-24(18-9-5-4-6-10-18)21-12-8-7-11-20(21)22(25)27-24/h4-12,17,19H,13-16H2,1-3H3. The average Bonchev–Trinajstić information content (AvgIpc) is 2.95. The maximum absolute atomic E-state index is 12.6. The molecule has 1 aliphatic heterocycles. The number of hydrogen-bond acceptors (Lipinski definition) is 3. The van der Waals surface area contributed by atoms with E-state index in [0.29, 0.717) is 16.9 Å². The molecule has 1 saturated carbocycles. The van der Waals surface area contributed by atoms with E-state index in [1.807, 2.05) is 54.6 Å². The van der Waals surface area contributed by atoms with Crippen molar-refractivity contribution in [1.29, 1.82) is 0 Å². The summed E-state index contributed by atoms with van der Waals surface area (Å²) in [4.78, 5) is 12.6. The number of carbonyl (C=O) groups is 1. The molecule has 0 aromatic heterocycles. The predicted octanol–water partition coefficient (Wildman–Crippen LogP) is 5.68. The lowest BCUT2D eigenvalue weighted by Crippen LogP contribution is -2.38. The molecule has 3 heteroatoms. The highest BCUT2D eigenvalue weighted by Gasteiger charge is 2.50. The van der Waals surface area contributed by atoms with E-state index in [1.165, 1.54) is 0 Å². The first kappa shape index (κ1) is 18.2. The Morgan fingerprint density at radius 1 is 0.926 bits per heavy atom. The molecule has 27 heavy (non-hydrogen) atoms. The number of ether oxygens (including phenoxy) is 2. The van der Waals surface area contributed by atoms with Crippen LogP contribution in [-0.4, -0.2) is 12.1 Å². The van der Waals surface area contributed by atoms with Crippen molar-refractivity contribution in [3.8, 4) is 0 Å². The highest BCUT2D eigenvalue weighted by atomic mass is 16.7. The molecule has 4 rings (SSSR count). The first-order chi connectivity index (χ1) is 12.9. The van der Waals surface area contributed by atoms with E-state index in [-0.39, 0.29) is 12.1 Å². The van der Waals surface area contributed by atoms with Crippen LogP contribution in [0.2, 0.25) is 0 Å². The molecule has 2 aromatic carbocycles. The van der Waals surface area contributed by atoms with Crippen LogP contribution in [0.25, 0.3) is 0 Å². The third-order valence-electron chi connectivity index (χ3n) is 6.12. The number of hydrogen-bond donors (Lipinski definition) is 0. The number of benzene rings is 2. The Morgan fingerprint density at radius 2 is 1.56 bits per heavy atom. The molecule has 0 spiro atoms. The zero-order valence-corrected chi connectivity index (χ0v) is 16.4. The average molecular weight is 364 g/mol. The third kappa shape index (κ3) is 3.29.